The summed E-state index contributed by atoms with van der Waals surface area (Å²) < 4.78 is 6.67. The molecular formula is C33H28ClN7O6. The number of benzene rings is 2. The van der Waals surface area contributed by atoms with Crippen LogP contribution >= 0.6 is 11.6 Å². The first-order valence-corrected chi connectivity index (χ1v) is 15.1. The van der Waals surface area contributed by atoms with Crippen LogP contribution in [-0.2, 0) is 19.9 Å². The fourth-order valence-corrected chi connectivity index (χ4v) is 5.96. The molecule has 3 aliphatic heterocycles. The molecule has 0 spiro atoms. The molecule has 1 aromatic heterocycles. The molecule has 1 atom stereocenters. The second-order valence-electron chi connectivity index (χ2n) is 11.9. The van der Waals surface area contributed by atoms with Crippen LogP contribution in [0.25, 0.3) is 0 Å². The number of methoxy groups -OCH3 is 1. The number of carbonyl (C=O) groups excluding carboxylic acids is 5. The van der Waals surface area contributed by atoms with E-state index in [2.05, 4.69) is 27.6 Å². The first kappa shape index (κ1) is 31.3. The maximum atomic E-state index is 13.2. The van der Waals surface area contributed by atoms with Crippen molar-refractivity contribution in [2.45, 2.75) is 38.3 Å². The van der Waals surface area contributed by atoms with E-state index in [1.807, 2.05) is 11.0 Å². The van der Waals surface area contributed by atoms with Gasteiger partial charge in [-0.05, 0) is 50.6 Å². The first-order valence-electron chi connectivity index (χ1n) is 14.7. The van der Waals surface area contributed by atoms with Crippen LogP contribution in [0.5, 0.6) is 5.75 Å². The Balaban J connectivity index is 1.08. The fraction of sp³-hybridized carbons (Fsp3) is 0.303. The lowest BCUT2D eigenvalue weighted by Crippen LogP contribution is -2.54. The number of imide groups is 2. The first-order chi connectivity index (χ1) is 22.4. The number of hydrogen-bond donors (Lipinski definition) is 2. The predicted molar refractivity (Wildman–Crippen MR) is 169 cm³/mol. The second-order valence-corrected chi connectivity index (χ2v) is 12.3. The molecule has 1 unspecified atom stereocenters. The molecular weight excluding hydrogens is 626 g/mol. The number of carbonyl (C=O) groups is 5. The quantitative estimate of drug-likeness (QED) is 0.300. The fourth-order valence-electron chi connectivity index (χ4n) is 5.66. The number of aromatic nitrogens is 2. The van der Waals surface area contributed by atoms with Gasteiger partial charge in [-0.3, -0.25) is 38.9 Å². The Kier molecular flexibility index (Phi) is 7.95. The average Bonchev–Trinajstić information content (AvgIpc) is 3.59. The highest BCUT2D eigenvalue weighted by Gasteiger charge is 2.45. The zero-order chi connectivity index (χ0) is 33.6. The third kappa shape index (κ3) is 5.66. The van der Waals surface area contributed by atoms with Crippen LogP contribution in [0.2, 0.25) is 5.02 Å². The summed E-state index contributed by atoms with van der Waals surface area (Å²) in [4.78, 5) is 66.1. The maximum Gasteiger partial charge on any atom is 0.262 e. The van der Waals surface area contributed by atoms with Crippen molar-refractivity contribution in [2.24, 2.45) is 5.92 Å². The Morgan fingerprint density at radius 1 is 1.13 bits per heavy atom. The monoisotopic (exact) mass is 653 g/mol. The highest BCUT2D eigenvalue weighted by molar-refractivity contribution is 6.32. The number of ether oxygens (including phenoxy) is 1. The molecule has 3 aromatic rings. The molecule has 47 heavy (non-hydrogen) atoms. The van der Waals surface area contributed by atoms with E-state index in [9.17, 15) is 29.2 Å². The summed E-state index contributed by atoms with van der Waals surface area (Å²) >= 11 is 6.21. The summed E-state index contributed by atoms with van der Waals surface area (Å²) in [6, 6.07) is 8.99. The molecule has 6 rings (SSSR count). The van der Waals surface area contributed by atoms with Crippen LogP contribution in [0.1, 0.15) is 58.5 Å². The van der Waals surface area contributed by atoms with Crippen molar-refractivity contribution in [3.8, 4) is 23.7 Å². The molecule has 2 aromatic carbocycles. The summed E-state index contributed by atoms with van der Waals surface area (Å²) in [6.07, 6.45) is 3.42. The van der Waals surface area contributed by atoms with Gasteiger partial charge >= 0.3 is 0 Å². The van der Waals surface area contributed by atoms with Crippen molar-refractivity contribution in [1.29, 1.82) is 5.26 Å². The van der Waals surface area contributed by atoms with Gasteiger partial charge in [-0.15, -0.1) is 0 Å². The van der Waals surface area contributed by atoms with Gasteiger partial charge in [0.1, 0.15) is 17.6 Å². The summed E-state index contributed by atoms with van der Waals surface area (Å²) in [5.41, 5.74) is 1.27. The standard InChI is InChI=1S/C33H28ClN7O6/c1-33(2,32(46)37-21-10-20(13-35)28(47-3)25(34)11-21)40-17-18(14-36-40)4-5-19-15-39(16-19)22-6-7-23-24(12-22)31(45)41(30(23)44)26-8-9-27(42)38-29(26)43/h6-7,10-12,14,17,19,26H,8-9,15-16H2,1-3H3,(H,37,46)(H,38,42,43). The number of anilines is 2. The summed E-state index contributed by atoms with van der Waals surface area (Å²) in [5, 5.41) is 18.9. The van der Waals surface area contributed by atoms with Crippen molar-refractivity contribution in [2.75, 3.05) is 30.4 Å². The van der Waals surface area contributed by atoms with E-state index in [0.717, 1.165) is 10.6 Å². The van der Waals surface area contributed by atoms with Crippen LogP contribution < -0.4 is 20.3 Å². The molecule has 4 heterocycles. The van der Waals surface area contributed by atoms with Crippen LogP contribution in [-0.4, -0.2) is 70.5 Å². The van der Waals surface area contributed by atoms with E-state index >= 15 is 0 Å². The molecule has 2 fully saturated rings. The highest BCUT2D eigenvalue weighted by Crippen LogP contribution is 2.34. The van der Waals surface area contributed by atoms with E-state index in [0.29, 0.717) is 24.3 Å². The zero-order valence-electron chi connectivity index (χ0n) is 25.6. The number of amides is 5. The van der Waals surface area contributed by atoms with Gasteiger partial charge in [0.05, 0.1) is 46.5 Å². The average molecular weight is 654 g/mol. The smallest absolute Gasteiger partial charge is 0.262 e. The highest BCUT2D eigenvalue weighted by atomic mass is 35.5. The third-order valence-corrected chi connectivity index (χ3v) is 8.71. The number of nitrogens with one attached hydrogen (secondary N) is 2. The van der Waals surface area contributed by atoms with Gasteiger partial charge in [-0.1, -0.05) is 23.4 Å². The largest absolute Gasteiger partial charge is 0.494 e. The molecule has 5 amide bonds. The third-order valence-electron chi connectivity index (χ3n) is 8.43. The van der Waals surface area contributed by atoms with Gasteiger partial charge in [0.15, 0.2) is 5.75 Å². The van der Waals surface area contributed by atoms with E-state index in [4.69, 9.17) is 16.3 Å². The Labute approximate surface area is 274 Å². The van der Waals surface area contributed by atoms with Gasteiger partial charge in [-0.2, -0.15) is 10.4 Å². The predicted octanol–water partition coefficient (Wildman–Crippen LogP) is 2.68. The molecule has 14 heteroatoms. The van der Waals surface area contributed by atoms with E-state index in [-0.39, 0.29) is 52.1 Å². The van der Waals surface area contributed by atoms with E-state index in [1.54, 1.807) is 44.4 Å². The van der Waals surface area contributed by atoms with Gasteiger partial charge < -0.3 is 15.0 Å². The van der Waals surface area contributed by atoms with Gasteiger partial charge in [0.25, 0.3) is 17.7 Å². The number of nitrogens with zero attached hydrogens (tertiary/aromatic N) is 5. The molecule has 0 radical (unpaired) electrons. The lowest BCUT2D eigenvalue weighted by Gasteiger charge is -2.38. The molecule has 0 bridgehead atoms. The van der Waals surface area contributed by atoms with Crippen LogP contribution in [0.3, 0.4) is 0 Å². The number of hydrogen-bond acceptors (Lipinski definition) is 9. The Morgan fingerprint density at radius 3 is 2.57 bits per heavy atom. The topological polar surface area (TPSA) is 167 Å². The maximum absolute atomic E-state index is 13.2. The lowest BCUT2D eigenvalue weighted by atomic mass is 9.98. The minimum atomic E-state index is -1.10. The second kappa shape index (κ2) is 11.9. The van der Waals surface area contributed by atoms with Crippen molar-refractivity contribution in [1.82, 2.24) is 20.0 Å². The zero-order valence-corrected chi connectivity index (χ0v) is 26.3. The normalized spacial score (nSPS) is 17.7. The van der Waals surface area contributed by atoms with Crippen molar-refractivity contribution in [3.05, 3.63) is 70.0 Å². The number of halogens is 1. The molecule has 238 valence electrons. The molecule has 2 N–H and O–H groups in total. The molecule has 0 saturated carbocycles. The molecule has 0 aliphatic carbocycles. The minimum Gasteiger partial charge on any atom is -0.494 e. The molecule has 13 nitrogen and oxygen atoms in total. The minimum absolute atomic E-state index is 0.0365. The van der Waals surface area contributed by atoms with E-state index < -0.39 is 35.2 Å². The van der Waals surface area contributed by atoms with E-state index in [1.165, 1.54) is 23.9 Å². The van der Waals surface area contributed by atoms with Gasteiger partial charge in [-0.25, -0.2) is 0 Å². The molecule has 3 aliphatic rings. The SMILES string of the molecule is COc1c(Cl)cc(NC(=O)C(C)(C)n2cc(C#CC3CN(c4ccc5c(c4)C(=O)N(C4CCC(=O)NC4=O)C5=O)C3)cn2)cc1C#N. The van der Waals surface area contributed by atoms with Crippen molar-refractivity contribution >= 4 is 52.5 Å². The molecule has 2 saturated heterocycles. The Bertz CT molecular complexity index is 1980. The van der Waals surface area contributed by atoms with Crippen molar-refractivity contribution in [3.63, 3.8) is 0 Å². The number of piperidine rings is 1. The number of nitriles is 1. The van der Waals surface area contributed by atoms with Gasteiger partial charge in [0, 0.05) is 37.1 Å². The van der Waals surface area contributed by atoms with Crippen molar-refractivity contribution < 1.29 is 28.7 Å². The van der Waals surface area contributed by atoms with Gasteiger partial charge in [0.2, 0.25) is 11.8 Å². The van der Waals surface area contributed by atoms with Crippen LogP contribution in [0.15, 0.2) is 42.7 Å². The van der Waals surface area contributed by atoms with Crippen LogP contribution in [0.4, 0.5) is 11.4 Å². The summed E-state index contributed by atoms with van der Waals surface area (Å²) in [6.45, 7) is 4.60. The Hall–Kier alpha value is -5.66. The van der Waals surface area contributed by atoms with Crippen LogP contribution in [0, 0.1) is 29.1 Å². The summed E-state index contributed by atoms with van der Waals surface area (Å²) in [7, 11) is 1.41. The summed E-state index contributed by atoms with van der Waals surface area (Å²) in [5.74, 6) is 4.06. The Morgan fingerprint density at radius 2 is 1.87 bits per heavy atom. The lowest BCUT2D eigenvalue weighted by molar-refractivity contribution is -0.136. The number of fused-ring (bicyclic) bond motifs is 1. The number of rotatable bonds is 6.